The number of benzene rings is 1. The highest BCUT2D eigenvalue weighted by atomic mass is 16.5. The Balaban J connectivity index is 1.85. The minimum Gasteiger partial charge on any atom is -0.373 e. The van der Waals surface area contributed by atoms with E-state index < -0.39 is 0 Å². The van der Waals surface area contributed by atoms with Gasteiger partial charge < -0.3 is 4.74 Å². The van der Waals surface area contributed by atoms with Crippen LogP contribution in [0.3, 0.4) is 0 Å². The molecule has 1 aromatic rings. The number of hydrogen-bond acceptors (Lipinski definition) is 2. The zero-order valence-corrected chi connectivity index (χ0v) is 15.0. The van der Waals surface area contributed by atoms with Gasteiger partial charge >= 0.3 is 0 Å². The topological polar surface area (TPSA) is 12.5 Å². The van der Waals surface area contributed by atoms with E-state index in [0.29, 0.717) is 24.0 Å². The van der Waals surface area contributed by atoms with Crippen molar-refractivity contribution < 1.29 is 4.74 Å². The van der Waals surface area contributed by atoms with Crippen molar-refractivity contribution in [3.8, 4) is 0 Å². The summed E-state index contributed by atoms with van der Waals surface area (Å²) < 4.78 is 5.82. The second-order valence-corrected chi connectivity index (χ2v) is 7.34. The van der Waals surface area contributed by atoms with Crippen molar-refractivity contribution in [1.82, 2.24) is 4.90 Å². The molecule has 2 nitrogen and oxygen atoms in total. The standard InChI is InChI=1S/C20H33NO/c1-6-16(3)20-9-7-19(8-10-20)11-15(2)12-21-13-17(4)22-18(5)14-21/h7-10,15-18H,6,11-14H2,1-5H3. The van der Waals surface area contributed by atoms with Crippen molar-refractivity contribution in [3.05, 3.63) is 35.4 Å². The Bertz CT molecular complexity index is 432. The average molecular weight is 303 g/mol. The first-order valence-corrected chi connectivity index (χ1v) is 8.94. The third-order valence-corrected chi connectivity index (χ3v) is 4.81. The molecule has 1 fully saturated rings. The number of ether oxygens (including phenoxy) is 1. The van der Waals surface area contributed by atoms with Gasteiger partial charge in [-0.3, -0.25) is 4.90 Å². The fraction of sp³-hybridized carbons (Fsp3) is 0.700. The fourth-order valence-electron chi connectivity index (χ4n) is 3.56. The summed E-state index contributed by atoms with van der Waals surface area (Å²) in [6, 6.07) is 9.27. The Hall–Kier alpha value is -0.860. The molecule has 124 valence electrons. The molecule has 0 saturated carbocycles. The predicted octanol–water partition coefficient (Wildman–Crippen LogP) is 4.49. The van der Waals surface area contributed by atoms with Crippen LogP contribution in [0.15, 0.2) is 24.3 Å². The maximum absolute atomic E-state index is 5.82. The fourth-order valence-corrected chi connectivity index (χ4v) is 3.56. The van der Waals surface area contributed by atoms with Crippen LogP contribution in [0.2, 0.25) is 0 Å². The van der Waals surface area contributed by atoms with Gasteiger partial charge in [-0.15, -0.1) is 0 Å². The molecule has 1 aliphatic heterocycles. The lowest BCUT2D eigenvalue weighted by Crippen LogP contribution is -2.47. The minimum absolute atomic E-state index is 0.366. The van der Waals surface area contributed by atoms with Crippen molar-refractivity contribution in [2.24, 2.45) is 5.92 Å². The van der Waals surface area contributed by atoms with Crippen LogP contribution < -0.4 is 0 Å². The third-order valence-electron chi connectivity index (χ3n) is 4.81. The largest absolute Gasteiger partial charge is 0.373 e. The number of hydrogen-bond donors (Lipinski definition) is 0. The summed E-state index contributed by atoms with van der Waals surface area (Å²) in [5.41, 5.74) is 2.93. The zero-order valence-electron chi connectivity index (χ0n) is 15.0. The van der Waals surface area contributed by atoms with Crippen LogP contribution in [-0.2, 0) is 11.2 Å². The van der Waals surface area contributed by atoms with Crippen molar-refractivity contribution in [1.29, 1.82) is 0 Å². The molecule has 0 aromatic heterocycles. The minimum atomic E-state index is 0.366. The van der Waals surface area contributed by atoms with E-state index in [9.17, 15) is 0 Å². The quantitative estimate of drug-likeness (QED) is 0.768. The number of nitrogens with zero attached hydrogens (tertiary/aromatic N) is 1. The van der Waals surface area contributed by atoms with E-state index >= 15 is 0 Å². The van der Waals surface area contributed by atoms with E-state index in [1.807, 2.05) is 0 Å². The van der Waals surface area contributed by atoms with Gasteiger partial charge in [0.15, 0.2) is 0 Å². The molecule has 0 bridgehead atoms. The van der Waals surface area contributed by atoms with Gasteiger partial charge in [-0.25, -0.2) is 0 Å². The van der Waals surface area contributed by atoms with Crippen LogP contribution in [0.4, 0.5) is 0 Å². The first-order valence-electron chi connectivity index (χ1n) is 8.94. The first-order chi connectivity index (χ1) is 10.5. The average Bonchev–Trinajstić information content (AvgIpc) is 2.46. The molecule has 22 heavy (non-hydrogen) atoms. The lowest BCUT2D eigenvalue weighted by Gasteiger charge is -2.36. The van der Waals surface area contributed by atoms with E-state index in [4.69, 9.17) is 4.74 Å². The second-order valence-electron chi connectivity index (χ2n) is 7.34. The van der Waals surface area contributed by atoms with Crippen LogP contribution in [0.5, 0.6) is 0 Å². The zero-order chi connectivity index (χ0) is 16.1. The Morgan fingerprint density at radius 2 is 1.68 bits per heavy atom. The Kier molecular flexibility index (Phi) is 6.46. The highest BCUT2D eigenvalue weighted by molar-refractivity contribution is 5.25. The molecule has 0 N–H and O–H groups in total. The van der Waals surface area contributed by atoms with Crippen molar-refractivity contribution in [2.75, 3.05) is 19.6 Å². The van der Waals surface area contributed by atoms with Crippen LogP contribution >= 0.6 is 0 Å². The summed E-state index contributed by atoms with van der Waals surface area (Å²) in [6.45, 7) is 14.6. The molecule has 1 saturated heterocycles. The predicted molar refractivity (Wildman–Crippen MR) is 94.5 cm³/mol. The van der Waals surface area contributed by atoms with Crippen LogP contribution in [-0.4, -0.2) is 36.7 Å². The smallest absolute Gasteiger partial charge is 0.0678 e. The molecule has 2 rings (SSSR count). The molecule has 2 heteroatoms. The van der Waals surface area contributed by atoms with Gasteiger partial charge in [-0.1, -0.05) is 45.0 Å². The molecule has 1 heterocycles. The van der Waals surface area contributed by atoms with Gasteiger partial charge in [0.1, 0.15) is 0 Å². The van der Waals surface area contributed by atoms with Gasteiger partial charge in [-0.05, 0) is 49.7 Å². The van der Waals surface area contributed by atoms with E-state index in [1.165, 1.54) is 30.5 Å². The monoisotopic (exact) mass is 303 g/mol. The van der Waals surface area contributed by atoms with E-state index in [1.54, 1.807) is 0 Å². The molecule has 0 radical (unpaired) electrons. The van der Waals surface area contributed by atoms with E-state index in [2.05, 4.69) is 63.8 Å². The number of rotatable bonds is 6. The molecule has 1 aliphatic rings. The highest BCUT2D eigenvalue weighted by Crippen LogP contribution is 2.20. The molecule has 1 aromatic carbocycles. The molecule has 0 aliphatic carbocycles. The summed E-state index contributed by atoms with van der Waals surface area (Å²) in [4.78, 5) is 2.57. The van der Waals surface area contributed by atoms with Crippen LogP contribution in [0, 0.1) is 5.92 Å². The van der Waals surface area contributed by atoms with Gasteiger partial charge in [-0.2, -0.15) is 0 Å². The summed E-state index contributed by atoms with van der Waals surface area (Å²) in [6.07, 6.45) is 3.11. The summed E-state index contributed by atoms with van der Waals surface area (Å²) in [5, 5.41) is 0. The van der Waals surface area contributed by atoms with Crippen molar-refractivity contribution in [2.45, 2.75) is 65.6 Å². The Morgan fingerprint density at radius 1 is 1.09 bits per heavy atom. The lowest BCUT2D eigenvalue weighted by atomic mass is 9.94. The Labute approximate surface area is 136 Å². The van der Waals surface area contributed by atoms with Gasteiger partial charge in [0.05, 0.1) is 12.2 Å². The summed E-state index contributed by atoms with van der Waals surface area (Å²) in [5.74, 6) is 1.36. The number of morpholine rings is 1. The van der Waals surface area contributed by atoms with Gasteiger partial charge in [0, 0.05) is 19.6 Å². The summed E-state index contributed by atoms with van der Waals surface area (Å²) in [7, 11) is 0. The lowest BCUT2D eigenvalue weighted by molar-refractivity contribution is -0.0708. The first kappa shape index (κ1) is 17.5. The van der Waals surface area contributed by atoms with Gasteiger partial charge in [0.2, 0.25) is 0 Å². The maximum Gasteiger partial charge on any atom is 0.0678 e. The SMILES string of the molecule is CCC(C)c1ccc(CC(C)CN2CC(C)OC(C)C2)cc1. The van der Waals surface area contributed by atoms with Crippen LogP contribution in [0.1, 0.15) is 58.1 Å². The summed E-state index contributed by atoms with van der Waals surface area (Å²) >= 11 is 0. The van der Waals surface area contributed by atoms with Crippen molar-refractivity contribution in [3.63, 3.8) is 0 Å². The van der Waals surface area contributed by atoms with E-state index in [-0.39, 0.29) is 0 Å². The third kappa shape index (κ3) is 5.10. The molecule has 4 unspecified atom stereocenters. The molecule has 0 amide bonds. The van der Waals surface area contributed by atoms with Crippen LogP contribution in [0.25, 0.3) is 0 Å². The Morgan fingerprint density at radius 3 is 2.23 bits per heavy atom. The van der Waals surface area contributed by atoms with Crippen molar-refractivity contribution >= 4 is 0 Å². The maximum atomic E-state index is 5.82. The molecule has 4 atom stereocenters. The van der Waals surface area contributed by atoms with Gasteiger partial charge in [0.25, 0.3) is 0 Å². The normalized spacial score (nSPS) is 25.9. The molecular weight excluding hydrogens is 270 g/mol. The van der Waals surface area contributed by atoms with E-state index in [0.717, 1.165) is 13.1 Å². The highest BCUT2D eigenvalue weighted by Gasteiger charge is 2.23. The molecular formula is C20H33NO. The second kappa shape index (κ2) is 8.12. The molecule has 0 spiro atoms.